The van der Waals surface area contributed by atoms with Crippen LogP contribution in [0.2, 0.25) is 0 Å². The second-order valence-corrected chi connectivity index (χ2v) is 24.4. The van der Waals surface area contributed by atoms with E-state index in [9.17, 15) is 33.9 Å². The lowest BCUT2D eigenvalue weighted by molar-refractivity contribution is -0.162. The van der Waals surface area contributed by atoms with Crippen molar-refractivity contribution in [2.24, 2.45) is 5.41 Å². The third kappa shape index (κ3) is 19.5. The van der Waals surface area contributed by atoms with Crippen LogP contribution in [0.3, 0.4) is 0 Å². The van der Waals surface area contributed by atoms with E-state index in [1.165, 1.54) is 26.2 Å². The second-order valence-electron chi connectivity index (χ2n) is 23.5. The number of para-hydroxylation sites is 1. The third-order valence-corrected chi connectivity index (χ3v) is 17.1. The first-order valence-corrected chi connectivity index (χ1v) is 32.0. The molecule has 5 aromatic rings. The molecule has 2 fully saturated rings. The molecule has 23 nitrogen and oxygen atoms in total. The number of carbonyl (C=O) groups excluding carboxylic acids is 6. The van der Waals surface area contributed by atoms with Gasteiger partial charge in [0.15, 0.2) is 29.6 Å². The Morgan fingerprint density at radius 2 is 1.38 bits per heavy atom. The van der Waals surface area contributed by atoms with Crippen LogP contribution >= 0.6 is 11.3 Å². The molecule has 5 amide bonds. The Bertz CT molecular complexity index is 3220. The molecule has 500 valence electrons. The minimum Gasteiger partial charge on any atom is -0.493 e. The van der Waals surface area contributed by atoms with Crippen molar-refractivity contribution in [3.8, 4) is 44.9 Å². The smallest absolute Gasteiger partial charge is 0.329 e. The van der Waals surface area contributed by atoms with Gasteiger partial charge in [0, 0.05) is 38.2 Å². The summed E-state index contributed by atoms with van der Waals surface area (Å²) in [6, 6.07) is 21.2. The lowest BCUT2D eigenvalue weighted by Gasteiger charge is -2.37. The van der Waals surface area contributed by atoms with Gasteiger partial charge in [-0.3, -0.25) is 24.0 Å². The summed E-state index contributed by atoms with van der Waals surface area (Å²) in [7, 11) is 7.67. The Balaban J connectivity index is 0.844. The standard InChI is InChI=1S/C68H90N6O17S/c1-11-49(47-35-57(84-8)61(86-10)58(36-47)85-9)65(79)73-28-15-14-17-51(73)67(81)91-54(25-21-44-22-26-55(82-6)56(34-44)83-7)50-16-12-13-18-53(50)90-41-59(76)69-27-29-87-30-31-88-32-33-89-40-60(77)72-63(68(3,4)5)66(80)74-39-48(75)37-52(74)64(78)70-38-45-19-23-46(24-20-45)62-43(2)71-42-92-62/h12-13,16,18-20,22-24,26,34-36,42,48-49,51-52,54,63,75H,11,14-15,17,21,25,27-33,37-41H2,1-10H3,(H,69,76)(H,70,78)(H,72,77)/t48-,49+,51+,52+,54-,63-/m1/s1. The zero-order chi connectivity index (χ0) is 66.3. The van der Waals surface area contributed by atoms with Gasteiger partial charge < -0.3 is 78.2 Å². The molecule has 92 heavy (non-hydrogen) atoms. The number of methoxy groups -OCH3 is 5. The van der Waals surface area contributed by atoms with Crippen LogP contribution in [-0.2, 0) is 60.7 Å². The number of aliphatic hydroxyl groups is 1. The van der Waals surface area contributed by atoms with E-state index in [1.54, 1.807) is 72.4 Å². The minimum absolute atomic E-state index is 0.0508. The van der Waals surface area contributed by atoms with E-state index in [2.05, 4.69) is 20.9 Å². The Kier molecular flexibility index (Phi) is 27.3. The molecule has 1 aromatic heterocycles. The van der Waals surface area contributed by atoms with Crippen molar-refractivity contribution in [3.05, 3.63) is 112 Å². The van der Waals surface area contributed by atoms with Crippen molar-refractivity contribution in [3.63, 3.8) is 0 Å². The van der Waals surface area contributed by atoms with E-state index < -0.39 is 71.3 Å². The predicted molar refractivity (Wildman–Crippen MR) is 344 cm³/mol. The number of benzene rings is 4. The molecule has 6 atom stereocenters. The molecule has 4 aromatic carbocycles. The summed E-state index contributed by atoms with van der Waals surface area (Å²) in [5, 5.41) is 19.1. The lowest BCUT2D eigenvalue weighted by Crippen LogP contribution is -2.58. The summed E-state index contributed by atoms with van der Waals surface area (Å²) < 4.78 is 57.3. The zero-order valence-corrected chi connectivity index (χ0v) is 55.3. The van der Waals surface area contributed by atoms with Crippen LogP contribution in [0.5, 0.6) is 34.5 Å². The van der Waals surface area contributed by atoms with Gasteiger partial charge in [0.05, 0.1) is 96.7 Å². The predicted octanol–water partition coefficient (Wildman–Crippen LogP) is 7.31. The zero-order valence-electron chi connectivity index (χ0n) is 54.5. The highest BCUT2D eigenvalue weighted by molar-refractivity contribution is 7.13. The number of amides is 5. The quantitative estimate of drug-likeness (QED) is 0.0232. The number of ether oxygens (including phenoxy) is 10. The molecule has 7 rings (SSSR count). The van der Waals surface area contributed by atoms with Crippen LogP contribution in [0, 0.1) is 12.3 Å². The Labute approximate surface area is 543 Å². The van der Waals surface area contributed by atoms with Crippen LogP contribution in [0.15, 0.2) is 84.4 Å². The number of aryl methyl sites for hydroxylation is 2. The maximum Gasteiger partial charge on any atom is 0.329 e. The number of nitrogens with zero attached hydrogens (tertiary/aromatic N) is 3. The fourth-order valence-electron chi connectivity index (χ4n) is 11.2. The summed E-state index contributed by atoms with van der Waals surface area (Å²) in [5.41, 5.74) is 6.00. The van der Waals surface area contributed by atoms with Crippen LogP contribution in [0.1, 0.15) is 106 Å². The summed E-state index contributed by atoms with van der Waals surface area (Å²) >= 11 is 1.56. The Morgan fingerprint density at radius 3 is 2.03 bits per heavy atom. The molecule has 0 aliphatic carbocycles. The lowest BCUT2D eigenvalue weighted by atomic mass is 9.85. The Morgan fingerprint density at radius 1 is 0.707 bits per heavy atom. The highest BCUT2D eigenvalue weighted by atomic mass is 32.1. The number of aliphatic hydroxyl groups excluding tert-OH is 1. The first-order chi connectivity index (χ1) is 44.3. The number of esters is 1. The van der Waals surface area contributed by atoms with Crippen LogP contribution in [0.25, 0.3) is 10.4 Å². The van der Waals surface area contributed by atoms with Gasteiger partial charge in [-0.05, 0) is 103 Å². The molecule has 0 unspecified atom stereocenters. The first kappa shape index (κ1) is 71.4. The second kappa shape index (κ2) is 35.1. The molecular formula is C68H90N6O17S. The summed E-state index contributed by atoms with van der Waals surface area (Å²) in [6.45, 7) is 10.1. The highest BCUT2D eigenvalue weighted by Crippen LogP contribution is 2.42. The van der Waals surface area contributed by atoms with E-state index in [-0.39, 0.29) is 78.2 Å². The molecule has 2 aliphatic rings. The molecule has 2 aliphatic heterocycles. The first-order valence-electron chi connectivity index (χ1n) is 31.1. The third-order valence-electron chi connectivity index (χ3n) is 16.1. The van der Waals surface area contributed by atoms with Gasteiger partial charge in [0.25, 0.3) is 5.91 Å². The van der Waals surface area contributed by atoms with E-state index in [0.717, 1.165) is 27.3 Å². The molecule has 0 radical (unpaired) electrons. The number of aromatic nitrogens is 1. The maximum absolute atomic E-state index is 14.6. The molecule has 0 bridgehead atoms. The van der Waals surface area contributed by atoms with Crippen molar-refractivity contribution in [1.29, 1.82) is 0 Å². The molecule has 4 N–H and O–H groups in total. The molecular weight excluding hydrogens is 1200 g/mol. The fraction of sp³-hybridized carbons (Fsp3) is 0.515. The summed E-state index contributed by atoms with van der Waals surface area (Å²) in [6.07, 6.45) is 1.34. The van der Waals surface area contributed by atoms with E-state index in [4.69, 9.17) is 47.4 Å². The van der Waals surface area contributed by atoms with Crippen molar-refractivity contribution in [1.82, 2.24) is 30.7 Å². The number of likely N-dealkylation sites (tertiary alicyclic amines) is 2. The minimum atomic E-state index is -1.02. The van der Waals surface area contributed by atoms with Gasteiger partial charge >= 0.3 is 5.97 Å². The molecule has 0 saturated carbocycles. The normalized spacial score (nSPS) is 16.6. The van der Waals surface area contributed by atoms with Crippen molar-refractivity contribution in [2.45, 2.75) is 122 Å². The largest absolute Gasteiger partial charge is 0.493 e. The van der Waals surface area contributed by atoms with E-state index in [1.807, 2.05) is 77.1 Å². The number of rotatable bonds is 34. The summed E-state index contributed by atoms with van der Waals surface area (Å²) in [4.78, 5) is 91.5. The maximum atomic E-state index is 14.6. The average Bonchev–Trinajstić information content (AvgIpc) is 1.25. The van der Waals surface area contributed by atoms with E-state index in [0.29, 0.717) is 90.7 Å². The van der Waals surface area contributed by atoms with Crippen LogP contribution < -0.4 is 44.4 Å². The van der Waals surface area contributed by atoms with Crippen LogP contribution in [-0.4, -0.2) is 181 Å². The van der Waals surface area contributed by atoms with Crippen molar-refractivity contribution in [2.75, 3.05) is 101 Å². The average molecular weight is 1300 g/mol. The SMILES string of the molecule is CC[C@H](C(=O)N1CCCC[C@H]1C(=O)O[C@H](CCc1ccc(OC)c(OC)c1)c1ccccc1OCC(=O)NCCOCCOCCOCC(=O)N[C@H](C(=O)N1C[C@H](O)C[C@H]1C(=O)NCc1ccc(-c2scnc2C)cc1)C(C)(C)C)c1cc(OC)c(OC)c(OC)c1. The Hall–Kier alpha value is -8.03. The molecule has 2 saturated heterocycles. The monoisotopic (exact) mass is 1290 g/mol. The van der Waals surface area contributed by atoms with Gasteiger partial charge in [0.1, 0.15) is 36.6 Å². The molecule has 24 heteroatoms. The number of β-amino-alcohol motifs (C(OH)–C–C–N with tert-alkyl or cyclic N) is 1. The number of piperidine rings is 1. The number of carbonyl (C=O) groups is 6. The van der Waals surface area contributed by atoms with Crippen LogP contribution in [0.4, 0.5) is 0 Å². The highest BCUT2D eigenvalue weighted by Gasteiger charge is 2.45. The number of hydrogen-bond donors (Lipinski definition) is 4. The van der Waals surface area contributed by atoms with Gasteiger partial charge in [-0.2, -0.15) is 0 Å². The summed E-state index contributed by atoms with van der Waals surface area (Å²) in [5.74, 6) is -0.532. The van der Waals surface area contributed by atoms with Gasteiger partial charge in [-0.15, -0.1) is 11.3 Å². The molecule has 0 spiro atoms. The number of nitrogens with one attached hydrogen (secondary N) is 3. The van der Waals surface area contributed by atoms with Crippen molar-refractivity contribution >= 4 is 46.8 Å². The van der Waals surface area contributed by atoms with E-state index >= 15 is 0 Å². The fourth-order valence-corrected chi connectivity index (χ4v) is 12.1. The van der Waals surface area contributed by atoms with Gasteiger partial charge in [0.2, 0.25) is 29.4 Å². The molecule has 3 heterocycles. The number of thiazole rings is 1. The topological polar surface area (TPSA) is 270 Å². The van der Waals surface area contributed by atoms with Gasteiger partial charge in [-0.1, -0.05) is 76.2 Å². The number of hydrogen-bond acceptors (Lipinski definition) is 19. The van der Waals surface area contributed by atoms with Crippen molar-refractivity contribution < 1.29 is 81.2 Å². The van der Waals surface area contributed by atoms with Gasteiger partial charge in [-0.25, -0.2) is 9.78 Å².